The topological polar surface area (TPSA) is 91.6 Å². The number of aromatic nitrogens is 2. The number of rotatable bonds is 6. The number of hydrogen-bond acceptors (Lipinski definition) is 7. The Hall–Kier alpha value is -3.86. The molecule has 0 spiro atoms. The van der Waals surface area contributed by atoms with Gasteiger partial charge in [-0.05, 0) is 30.7 Å². The Balaban J connectivity index is 1.46. The number of nitriles is 1. The highest BCUT2D eigenvalue weighted by Crippen LogP contribution is 2.35. The molecule has 1 aliphatic rings. The number of anilines is 1. The molecule has 8 nitrogen and oxygen atoms in total. The van der Waals surface area contributed by atoms with E-state index in [1.807, 2.05) is 36.1 Å². The molecule has 4 rings (SSSR count). The lowest BCUT2D eigenvalue weighted by molar-refractivity contribution is -0.130. The molecule has 1 aromatic heterocycles. The van der Waals surface area contributed by atoms with E-state index >= 15 is 0 Å². The number of hydrogen-bond donors (Lipinski definition) is 0. The van der Waals surface area contributed by atoms with Gasteiger partial charge in [0.2, 0.25) is 5.91 Å². The second kappa shape index (κ2) is 9.52. The number of methoxy groups -OCH3 is 1. The van der Waals surface area contributed by atoms with Crippen molar-refractivity contribution < 1.29 is 14.3 Å². The third-order valence-electron chi connectivity index (χ3n) is 5.57. The van der Waals surface area contributed by atoms with Crippen LogP contribution in [0.5, 0.6) is 11.5 Å². The second-order valence-corrected chi connectivity index (χ2v) is 7.50. The van der Waals surface area contributed by atoms with Crippen molar-refractivity contribution in [3.05, 3.63) is 53.9 Å². The van der Waals surface area contributed by atoms with E-state index in [1.165, 1.54) is 0 Å². The maximum atomic E-state index is 12.7. The largest absolute Gasteiger partial charge is 0.493 e. The van der Waals surface area contributed by atoms with E-state index in [-0.39, 0.29) is 5.91 Å². The molecule has 0 bridgehead atoms. The van der Waals surface area contributed by atoms with E-state index in [0.29, 0.717) is 56.3 Å². The Bertz CT molecular complexity index is 1150. The number of piperazine rings is 1. The fourth-order valence-corrected chi connectivity index (χ4v) is 3.88. The molecule has 0 aliphatic carbocycles. The number of amides is 1. The van der Waals surface area contributed by atoms with Crippen LogP contribution in [-0.4, -0.2) is 60.7 Å². The number of nitrogens with zero attached hydrogens (tertiary/aromatic N) is 5. The standard InChI is InChI=1S/C24H25N5O3/c1-3-32-22-14-20-19(13-21(22)31-2)24(27-16-26-20)29-10-8-28(9-11-29)23(30)12-17-4-6-18(15-25)7-5-17/h4-7,13-14,16H,3,8-12H2,1-2H3. The SMILES string of the molecule is CCOc1cc2ncnc(N3CCN(C(=O)Cc4ccc(C#N)cc4)CC3)c2cc1OC. The molecule has 32 heavy (non-hydrogen) atoms. The zero-order valence-electron chi connectivity index (χ0n) is 18.2. The summed E-state index contributed by atoms with van der Waals surface area (Å²) in [5.41, 5.74) is 2.30. The third kappa shape index (κ3) is 4.42. The Morgan fingerprint density at radius 1 is 1.09 bits per heavy atom. The Labute approximate surface area is 187 Å². The van der Waals surface area contributed by atoms with Gasteiger partial charge in [0.05, 0.1) is 37.3 Å². The van der Waals surface area contributed by atoms with Crippen LogP contribution in [0.25, 0.3) is 10.9 Å². The summed E-state index contributed by atoms with van der Waals surface area (Å²) < 4.78 is 11.2. The molecule has 0 N–H and O–H groups in total. The van der Waals surface area contributed by atoms with Crippen molar-refractivity contribution in [1.29, 1.82) is 5.26 Å². The van der Waals surface area contributed by atoms with E-state index in [0.717, 1.165) is 22.3 Å². The van der Waals surface area contributed by atoms with Crippen LogP contribution in [0, 0.1) is 11.3 Å². The van der Waals surface area contributed by atoms with Crippen molar-refractivity contribution in [2.75, 3.05) is 44.8 Å². The summed E-state index contributed by atoms with van der Waals surface area (Å²) in [4.78, 5) is 25.7. The molecule has 2 heterocycles. The van der Waals surface area contributed by atoms with Gasteiger partial charge in [0.1, 0.15) is 12.1 Å². The summed E-state index contributed by atoms with van der Waals surface area (Å²) in [6.07, 6.45) is 1.89. The van der Waals surface area contributed by atoms with Gasteiger partial charge in [-0.2, -0.15) is 5.26 Å². The Morgan fingerprint density at radius 3 is 2.50 bits per heavy atom. The second-order valence-electron chi connectivity index (χ2n) is 7.50. The minimum absolute atomic E-state index is 0.0879. The van der Waals surface area contributed by atoms with E-state index < -0.39 is 0 Å². The minimum atomic E-state index is 0.0879. The number of ether oxygens (including phenoxy) is 2. The maximum absolute atomic E-state index is 12.7. The monoisotopic (exact) mass is 431 g/mol. The Kier molecular flexibility index (Phi) is 6.36. The first-order chi connectivity index (χ1) is 15.6. The first-order valence-electron chi connectivity index (χ1n) is 10.6. The minimum Gasteiger partial charge on any atom is -0.493 e. The molecular weight excluding hydrogens is 406 g/mol. The van der Waals surface area contributed by atoms with Gasteiger partial charge in [-0.25, -0.2) is 9.97 Å². The first-order valence-corrected chi connectivity index (χ1v) is 10.6. The number of carbonyl (C=O) groups excluding carboxylic acids is 1. The summed E-state index contributed by atoms with van der Waals surface area (Å²) in [6.45, 7) is 5.07. The average Bonchev–Trinajstić information content (AvgIpc) is 2.84. The lowest BCUT2D eigenvalue weighted by Gasteiger charge is -2.36. The normalized spacial score (nSPS) is 13.7. The van der Waals surface area contributed by atoms with Crippen molar-refractivity contribution in [3.8, 4) is 17.6 Å². The van der Waals surface area contributed by atoms with E-state index in [9.17, 15) is 4.79 Å². The molecule has 3 aromatic rings. The average molecular weight is 431 g/mol. The van der Waals surface area contributed by atoms with Crippen LogP contribution in [0.15, 0.2) is 42.7 Å². The smallest absolute Gasteiger partial charge is 0.227 e. The van der Waals surface area contributed by atoms with Crippen molar-refractivity contribution in [3.63, 3.8) is 0 Å². The summed E-state index contributed by atoms with van der Waals surface area (Å²) >= 11 is 0. The molecule has 0 atom stereocenters. The molecule has 0 radical (unpaired) electrons. The number of fused-ring (bicyclic) bond motifs is 1. The fourth-order valence-electron chi connectivity index (χ4n) is 3.88. The van der Waals surface area contributed by atoms with Crippen molar-refractivity contribution in [1.82, 2.24) is 14.9 Å². The molecule has 2 aromatic carbocycles. The molecule has 8 heteroatoms. The van der Waals surface area contributed by atoms with Crippen LogP contribution in [0.2, 0.25) is 0 Å². The first kappa shape index (κ1) is 21.4. The molecule has 1 aliphatic heterocycles. The summed E-state index contributed by atoms with van der Waals surface area (Å²) in [5.74, 6) is 2.22. The van der Waals surface area contributed by atoms with Gasteiger partial charge in [-0.1, -0.05) is 12.1 Å². The maximum Gasteiger partial charge on any atom is 0.227 e. The van der Waals surface area contributed by atoms with E-state index in [2.05, 4.69) is 20.9 Å². The van der Waals surface area contributed by atoms with Crippen LogP contribution in [0.4, 0.5) is 5.82 Å². The lowest BCUT2D eigenvalue weighted by atomic mass is 10.1. The van der Waals surface area contributed by atoms with E-state index in [1.54, 1.807) is 25.6 Å². The highest BCUT2D eigenvalue weighted by Gasteiger charge is 2.24. The Morgan fingerprint density at radius 2 is 1.84 bits per heavy atom. The molecular formula is C24H25N5O3. The number of benzene rings is 2. The van der Waals surface area contributed by atoms with Crippen molar-refractivity contribution in [2.24, 2.45) is 0 Å². The van der Waals surface area contributed by atoms with Crippen LogP contribution in [0.3, 0.4) is 0 Å². The molecule has 1 fully saturated rings. The molecule has 1 saturated heterocycles. The summed E-state index contributed by atoms with van der Waals surface area (Å²) in [5, 5.41) is 9.81. The quantitative estimate of drug-likeness (QED) is 0.593. The third-order valence-corrected chi connectivity index (χ3v) is 5.57. The summed E-state index contributed by atoms with van der Waals surface area (Å²) in [6, 6.07) is 13.0. The highest BCUT2D eigenvalue weighted by molar-refractivity contribution is 5.92. The zero-order valence-corrected chi connectivity index (χ0v) is 18.2. The van der Waals surface area contributed by atoms with Crippen LogP contribution < -0.4 is 14.4 Å². The predicted octanol–water partition coefficient (Wildman–Crippen LogP) is 2.80. The van der Waals surface area contributed by atoms with Crippen LogP contribution in [-0.2, 0) is 11.2 Å². The van der Waals surface area contributed by atoms with Gasteiger partial charge in [0.25, 0.3) is 0 Å². The van der Waals surface area contributed by atoms with Gasteiger partial charge in [-0.15, -0.1) is 0 Å². The highest BCUT2D eigenvalue weighted by atomic mass is 16.5. The predicted molar refractivity (Wildman–Crippen MR) is 121 cm³/mol. The van der Waals surface area contributed by atoms with Crippen LogP contribution in [0.1, 0.15) is 18.1 Å². The van der Waals surface area contributed by atoms with Gasteiger partial charge in [0.15, 0.2) is 11.5 Å². The fraction of sp³-hybridized carbons (Fsp3) is 0.333. The van der Waals surface area contributed by atoms with Crippen LogP contribution >= 0.6 is 0 Å². The lowest BCUT2D eigenvalue weighted by Crippen LogP contribution is -2.49. The zero-order chi connectivity index (χ0) is 22.5. The number of carbonyl (C=O) groups is 1. The van der Waals surface area contributed by atoms with Gasteiger partial charge in [-0.3, -0.25) is 4.79 Å². The molecule has 164 valence electrons. The summed E-state index contributed by atoms with van der Waals surface area (Å²) in [7, 11) is 1.62. The van der Waals surface area contributed by atoms with Crippen molar-refractivity contribution in [2.45, 2.75) is 13.3 Å². The molecule has 0 unspecified atom stereocenters. The molecule has 0 saturated carbocycles. The van der Waals surface area contributed by atoms with Gasteiger partial charge in [0, 0.05) is 37.6 Å². The molecule has 1 amide bonds. The van der Waals surface area contributed by atoms with Crippen molar-refractivity contribution >= 4 is 22.6 Å². The van der Waals surface area contributed by atoms with Gasteiger partial charge < -0.3 is 19.3 Å². The van der Waals surface area contributed by atoms with Gasteiger partial charge >= 0.3 is 0 Å². The van der Waals surface area contributed by atoms with E-state index in [4.69, 9.17) is 14.7 Å².